The molecular formula is C9H13ClO. The summed E-state index contributed by atoms with van der Waals surface area (Å²) in [5.41, 5.74) is 1.18. The van der Waals surface area contributed by atoms with E-state index in [4.69, 9.17) is 16.7 Å². The van der Waals surface area contributed by atoms with Gasteiger partial charge in [-0.1, -0.05) is 30.3 Å². The third-order valence-corrected chi connectivity index (χ3v) is 1.51. The van der Waals surface area contributed by atoms with Crippen molar-refractivity contribution < 1.29 is 5.11 Å². The molecule has 1 N–H and O–H groups in total. The van der Waals surface area contributed by atoms with Gasteiger partial charge >= 0.3 is 0 Å². The van der Waals surface area contributed by atoms with Crippen LogP contribution in [-0.4, -0.2) is 12.2 Å². The van der Waals surface area contributed by atoms with Crippen molar-refractivity contribution in [2.24, 2.45) is 0 Å². The zero-order valence-corrected chi connectivity index (χ0v) is 7.55. The number of aliphatic hydroxyl groups is 1. The van der Waals surface area contributed by atoms with Crippen LogP contribution >= 0.6 is 11.6 Å². The highest BCUT2D eigenvalue weighted by Crippen LogP contribution is 2.17. The number of hydrogen-bond donors (Lipinski definition) is 1. The van der Waals surface area contributed by atoms with Crippen LogP contribution in [0.25, 0.3) is 0 Å². The monoisotopic (exact) mass is 172 g/mol. The topological polar surface area (TPSA) is 20.2 Å². The number of halogens is 1. The lowest BCUT2D eigenvalue weighted by Crippen LogP contribution is -1.80. The van der Waals surface area contributed by atoms with Crippen molar-refractivity contribution in [2.75, 3.05) is 7.11 Å². The van der Waals surface area contributed by atoms with Crippen LogP contribution in [0.15, 0.2) is 30.3 Å². The zero-order valence-electron chi connectivity index (χ0n) is 6.79. The molecule has 62 valence electrons. The first kappa shape index (κ1) is 10.5. The van der Waals surface area contributed by atoms with E-state index in [0.717, 1.165) is 7.11 Å². The fourth-order valence-corrected chi connectivity index (χ4v) is 0.864. The van der Waals surface area contributed by atoms with Crippen molar-refractivity contribution in [3.8, 4) is 0 Å². The predicted octanol–water partition coefficient (Wildman–Crippen LogP) is 2.59. The van der Waals surface area contributed by atoms with E-state index in [1.54, 1.807) is 0 Å². The van der Waals surface area contributed by atoms with Crippen molar-refractivity contribution in [1.29, 1.82) is 0 Å². The lowest BCUT2D eigenvalue weighted by Gasteiger charge is -1.99. The van der Waals surface area contributed by atoms with Crippen molar-refractivity contribution in [1.82, 2.24) is 0 Å². The Morgan fingerprint density at radius 1 is 1.18 bits per heavy atom. The van der Waals surface area contributed by atoms with E-state index in [1.807, 2.05) is 37.3 Å². The van der Waals surface area contributed by atoms with Gasteiger partial charge in [-0.15, -0.1) is 11.6 Å². The summed E-state index contributed by atoms with van der Waals surface area (Å²) in [7, 11) is 1.00. The largest absolute Gasteiger partial charge is 0.400 e. The highest BCUT2D eigenvalue weighted by Gasteiger charge is 1.95. The number of aliphatic hydroxyl groups excluding tert-OH is 1. The van der Waals surface area contributed by atoms with Crippen LogP contribution in [0, 0.1) is 0 Å². The zero-order chi connectivity index (χ0) is 8.69. The molecule has 2 heteroatoms. The van der Waals surface area contributed by atoms with Gasteiger partial charge in [0.15, 0.2) is 0 Å². The average Bonchev–Trinajstić information content (AvgIpc) is 2.10. The Hall–Kier alpha value is -0.530. The first-order valence-corrected chi connectivity index (χ1v) is 3.88. The molecule has 11 heavy (non-hydrogen) atoms. The van der Waals surface area contributed by atoms with Gasteiger partial charge < -0.3 is 5.11 Å². The normalized spacial score (nSPS) is 11.3. The van der Waals surface area contributed by atoms with Gasteiger partial charge in [0.2, 0.25) is 0 Å². The number of benzene rings is 1. The molecule has 0 saturated heterocycles. The minimum Gasteiger partial charge on any atom is -0.400 e. The van der Waals surface area contributed by atoms with Crippen LogP contribution in [0.5, 0.6) is 0 Å². The van der Waals surface area contributed by atoms with Crippen molar-refractivity contribution in [2.45, 2.75) is 12.3 Å². The molecule has 0 radical (unpaired) electrons. The van der Waals surface area contributed by atoms with E-state index in [-0.39, 0.29) is 5.38 Å². The van der Waals surface area contributed by atoms with Crippen molar-refractivity contribution in [3.05, 3.63) is 35.9 Å². The summed E-state index contributed by atoms with van der Waals surface area (Å²) in [6, 6.07) is 10.0. The summed E-state index contributed by atoms with van der Waals surface area (Å²) >= 11 is 5.80. The van der Waals surface area contributed by atoms with Crippen LogP contribution in [-0.2, 0) is 0 Å². The third kappa shape index (κ3) is 4.02. The second-order valence-corrected chi connectivity index (χ2v) is 2.68. The molecule has 0 heterocycles. The highest BCUT2D eigenvalue weighted by molar-refractivity contribution is 6.20. The van der Waals surface area contributed by atoms with Gasteiger partial charge in [0.1, 0.15) is 0 Å². The van der Waals surface area contributed by atoms with Crippen LogP contribution in [0.4, 0.5) is 0 Å². The van der Waals surface area contributed by atoms with Gasteiger partial charge in [0, 0.05) is 7.11 Å². The lowest BCUT2D eigenvalue weighted by molar-refractivity contribution is 0.399. The predicted molar refractivity (Wildman–Crippen MR) is 48.9 cm³/mol. The Bertz CT molecular complexity index is 172. The van der Waals surface area contributed by atoms with E-state index < -0.39 is 0 Å². The number of rotatable bonds is 1. The van der Waals surface area contributed by atoms with Crippen molar-refractivity contribution in [3.63, 3.8) is 0 Å². The molecule has 0 fully saturated rings. The first-order valence-electron chi connectivity index (χ1n) is 3.44. The Morgan fingerprint density at radius 2 is 1.64 bits per heavy atom. The van der Waals surface area contributed by atoms with Crippen LogP contribution < -0.4 is 0 Å². The Kier molecular flexibility index (Phi) is 5.90. The molecule has 0 aliphatic heterocycles. The van der Waals surface area contributed by atoms with Crippen LogP contribution in [0.3, 0.4) is 0 Å². The second-order valence-electron chi connectivity index (χ2n) is 2.03. The first-order chi connectivity index (χ1) is 5.30. The maximum absolute atomic E-state index is 7.00. The molecule has 0 bridgehead atoms. The van der Waals surface area contributed by atoms with Gasteiger partial charge in [0.25, 0.3) is 0 Å². The van der Waals surface area contributed by atoms with E-state index in [1.165, 1.54) is 5.56 Å². The molecule has 0 spiro atoms. The Morgan fingerprint density at radius 3 is 1.91 bits per heavy atom. The van der Waals surface area contributed by atoms with Gasteiger partial charge in [-0.2, -0.15) is 0 Å². The molecule has 0 aliphatic rings. The van der Waals surface area contributed by atoms with Crippen LogP contribution in [0.1, 0.15) is 17.9 Å². The SMILES string of the molecule is CC(Cl)c1ccccc1.CO. The molecule has 0 aliphatic carbocycles. The third-order valence-electron chi connectivity index (χ3n) is 1.26. The molecule has 1 rings (SSSR count). The van der Waals surface area contributed by atoms with Gasteiger partial charge in [0.05, 0.1) is 5.38 Å². The molecule has 1 unspecified atom stereocenters. The standard InChI is InChI=1S/C8H9Cl.CH4O/c1-7(9)8-5-3-2-4-6-8;1-2/h2-7H,1H3;2H,1H3. The molecule has 0 saturated carbocycles. The minimum absolute atomic E-state index is 0.131. The second kappa shape index (κ2) is 6.20. The van der Waals surface area contributed by atoms with Crippen LogP contribution in [0.2, 0.25) is 0 Å². The summed E-state index contributed by atoms with van der Waals surface area (Å²) in [6.45, 7) is 1.97. The Balaban J connectivity index is 0.000000461. The van der Waals surface area contributed by atoms with E-state index >= 15 is 0 Å². The molecule has 0 aromatic heterocycles. The molecule has 1 nitrogen and oxygen atoms in total. The molecule has 1 aromatic rings. The maximum atomic E-state index is 7.00. The quantitative estimate of drug-likeness (QED) is 0.646. The maximum Gasteiger partial charge on any atom is 0.0557 e. The summed E-state index contributed by atoms with van der Waals surface area (Å²) in [4.78, 5) is 0. The fraction of sp³-hybridized carbons (Fsp3) is 0.333. The van der Waals surface area contributed by atoms with E-state index in [0.29, 0.717) is 0 Å². The lowest BCUT2D eigenvalue weighted by atomic mass is 10.2. The van der Waals surface area contributed by atoms with Gasteiger partial charge in [-0.05, 0) is 12.5 Å². The van der Waals surface area contributed by atoms with Gasteiger partial charge in [-0.25, -0.2) is 0 Å². The Labute approximate surface area is 72.6 Å². The average molecular weight is 173 g/mol. The summed E-state index contributed by atoms with van der Waals surface area (Å²) in [5, 5.41) is 7.13. The summed E-state index contributed by atoms with van der Waals surface area (Å²) < 4.78 is 0. The molecule has 0 amide bonds. The van der Waals surface area contributed by atoms with Gasteiger partial charge in [-0.3, -0.25) is 0 Å². The fourth-order valence-electron chi connectivity index (χ4n) is 0.718. The smallest absolute Gasteiger partial charge is 0.0557 e. The van der Waals surface area contributed by atoms with E-state index in [9.17, 15) is 0 Å². The summed E-state index contributed by atoms with van der Waals surface area (Å²) in [5.74, 6) is 0. The number of alkyl halides is 1. The minimum atomic E-state index is 0.131. The molecule has 1 atom stereocenters. The molecular weight excluding hydrogens is 160 g/mol. The molecule has 1 aromatic carbocycles. The van der Waals surface area contributed by atoms with Crippen molar-refractivity contribution >= 4 is 11.6 Å². The number of hydrogen-bond acceptors (Lipinski definition) is 1. The van der Waals surface area contributed by atoms with E-state index in [2.05, 4.69) is 0 Å². The summed E-state index contributed by atoms with van der Waals surface area (Å²) in [6.07, 6.45) is 0. The highest BCUT2D eigenvalue weighted by atomic mass is 35.5.